The summed E-state index contributed by atoms with van der Waals surface area (Å²) in [6, 6.07) is 6.28. The SMILES string of the molecule is [C-]#[N+]C1(c2ccc([N+](=O)[O-])cc2)CCOCC1. The fourth-order valence-electron chi connectivity index (χ4n) is 2.07. The Balaban J connectivity index is 2.32. The maximum atomic E-state index is 10.6. The Labute approximate surface area is 99.0 Å². The summed E-state index contributed by atoms with van der Waals surface area (Å²) in [6.45, 7) is 8.49. The molecule has 0 radical (unpaired) electrons. The van der Waals surface area contributed by atoms with Crippen LogP contribution in [0, 0.1) is 16.7 Å². The predicted octanol–water partition coefficient (Wildman–Crippen LogP) is 2.52. The molecule has 5 nitrogen and oxygen atoms in total. The molecular weight excluding hydrogens is 220 g/mol. The molecule has 1 aromatic carbocycles. The third-order valence-corrected chi connectivity index (χ3v) is 3.15. The number of nitrogens with zero attached hydrogens (tertiary/aromatic N) is 2. The Bertz CT molecular complexity index is 456. The molecule has 1 fully saturated rings. The predicted molar refractivity (Wildman–Crippen MR) is 61.4 cm³/mol. The highest BCUT2D eigenvalue weighted by atomic mass is 16.6. The Hall–Kier alpha value is -1.93. The zero-order chi connectivity index (χ0) is 12.3. The van der Waals surface area contributed by atoms with Crippen molar-refractivity contribution in [2.24, 2.45) is 0 Å². The molecule has 0 spiro atoms. The summed E-state index contributed by atoms with van der Waals surface area (Å²) in [7, 11) is 0. The van der Waals surface area contributed by atoms with Gasteiger partial charge in [-0.2, -0.15) is 0 Å². The van der Waals surface area contributed by atoms with Gasteiger partial charge < -0.3 is 9.58 Å². The van der Waals surface area contributed by atoms with Crippen molar-refractivity contribution in [2.75, 3.05) is 13.2 Å². The first-order chi connectivity index (χ1) is 8.18. The van der Waals surface area contributed by atoms with Crippen molar-refractivity contribution >= 4 is 5.69 Å². The lowest BCUT2D eigenvalue weighted by Gasteiger charge is -2.26. The van der Waals surface area contributed by atoms with Gasteiger partial charge in [-0.1, -0.05) is 0 Å². The third kappa shape index (κ3) is 2.12. The minimum Gasteiger partial charge on any atom is -0.381 e. The van der Waals surface area contributed by atoms with Crippen molar-refractivity contribution in [3.8, 4) is 0 Å². The lowest BCUT2D eigenvalue weighted by atomic mass is 9.83. The van der Waals surface area contributed by atoms with E-state index in [1.807, 2.05) is 0 Å². The molecule has 88 valence electrons. The van der Waals surface area contributed by atoms with Gasteiger partial charge in [0.2, 0.25) is 0 Å². The Morgan fingerprint density at radius 3 is 2.35 bits per heavy atom. The summed E-state index contributed by atoms with van der Waals surface area (Å²) in [4.78, 5) is 13.9. The summed E-state index contributed by atoms with van der Waals surface area (Å²) >= 11 is 0. The Morgan fingerprint density at radius 2 is 1.88 bits per heavy atom. The molecule has 2 rings (SSSR count). The molecule has 1 aromatic rings. The van der Waals surface area contributed by atoms with Gasteiger partial charge in [0.25, 0.3) is 11.2 Å². The third-order valence-electron chi connectivity index (χ3n) is 3.15. The van der Waals surface area contributed by atoms with Crippen molar-refractivity contribution in [1.82, 2.24) is 0 Å². The smallest absolute Gasteiger partial charge is 0.269 e. The summed E-state index contributed by atoms with van der Waals surface area (Å²) < 4.78 is 5.26. The molecule has 1 aliphatic heterocycles. The van der Waals surface area contributed by atoms with Gasteiger partial charge in [-0.15, -0.1) is 0 Å². The van der Waals surface area contributed by atoms with Crippen LogP contribution in [0.4, 0.5) is 5.69 Å². The minimum atomic E-state index is -0.562. The lowest BCUT2D eigenvalue weighted by Crippen LogP contribution is -2.30. The van der Waals surface area contributed by atoms with Crippen LogP contribution >= 0.6 is 0 Å². The van der Waals surface area contributed by atoms with E-state index in [4.69, 9.17) is 11.3 Å². The van der Waals surface area contributed by atoms with Gasteiger partial charge in [0.1, 0.15) is 0 Å². The van der Waals surface area contributed by atoms with Crippen LogP contribution in [-0.4, -0.2) is 18.1 Å². The topological polar surface area (TPSA) is 56.7 Å². The number of nitro groups is 1. The second kappa shape index (κ2) is 4.52. The van der Waals surface area contributed by atoms with Crippen LogP contribution in [0.5, 0.6) is 0 Å². The van der Waals surface area contributed by atoms with E-state index in [-0.39, 0.29) is 5.69 Å². The number of hydrogen-bond donors (Lipinski definition) is 0. The number of hydrogen-bond acceptors (Lipinski definition) is 3. The van der Waals surface area contributed by atoms with Crippen LogP contribution in [0.1, 0.15) is 18.4 Å². The van der Waals surface area contributed by atoms with Crippen molar-refractivity contribution in [3.63, 3.8) is 0 Å². The first-order valence-electron chi connectivity index (χ1n) is 5.39. The number of nitro benzene ring substituents is 1. The maximum Gasteiger partial charge on any atom is 0.269 e. The molecule has 0 amide bonds. The highest BCUT2D eigenvalue weighted by Crippen LogP contribution is 2.36. The van der Waals surface area contributed by atoms with Crippen LogP contribution in [-0.2, 0) is 10.3 Å². The molecule has 17 heavy (non-hydrogen) atoms. The molecular formula is C12H12N2O3. The van der Waals surface area contributed by atoms with Crippen molar-refractivity contribution in [2.45, 2.75) is 18.4 Å². The fourth-order valence-corrected chi connectivity index (χ4v) is 2.07. The second-order valence-electron chi connectivity index (χ2n) is 4.06. The molecule has 1 aliphatic rings. The normalized spacial score (nSPS) is 18.3. The molecule has 0 aliphatic carbocycles. The fraction of sp³-hybridized carbons (Fsp3) is 0.417. The van der Waals surface area contributed by atoms with E-state index < -0.39 is 10.5 Å². The van der Waals surface area contributed by atoms with Gasteiger partial charge >= 0.3 is 0 Å². The van der Waals surface area contributed by atoms with Gasteiger partial charge in [-0.3, -0.25) is 10.1 Å². The van der Waals surface area contributed by atoms with Crippen LogP contribution in [0.25, 0.3) is 4.85 Å². The summed E-state index contributed by atoms with van der Waals surface area (Å²) in [5.74, 6) is 0. The summed E-state index contributed by atoms with van der Waals surface area (Å²) in [5.41, 5.74) is 0.343. The lowest BCUT2D eigenvalue weighted by molar-refractivity contribution is -0.384. The highest BCUT2D eigenvalue weighted by molar-refractivity contribution is 5.38. The highest BCUT2D eigenvalue weighted by Gasteiger charge is 2.40. The van der Waals surface area contributed by atoms with E-state index in [0.717, 1.165) is 5.56 Å². The molecule has 5 heteroatoms. The summed E-state index contributed by atoms with van der Waals surface area (Å²) in [5, 5.41) is 10.6. The van der Waals surface area contributed by atoms with Gasteiger partial charge in [-0.05, 0) is 12.1 Å². The monoisotopic (exact) mass is 232 g/mol. The van der Waals surface area contributed by atoms with Crippen LogP contribution < -0.4 is 0 Å². The van der Waals surface area contributed by atoms with Gasteiger partial charge in [0.05, 0.1) is 31.0 Å². The second-order valence-corrected chi connectivity index (χ2v) is 4.06. The molecule has 0 unspecified atom stereocenters. The maximum absolute atomic E-state index is 10.6. The number of benzene rings is 1. The molecule has 0 bridgehead atoms. The molecule has 1 saturated heterocycles. The zero-order valence-corrected chi connectivity index (χ0v) is 9.26. The average Bonchev–Trinajstić information content (AvgIpc) is 2.39. The van der Waals surface area contributed by atoms with Crippen molar-refractivity contribution in [3.05, 3.63) is 51.4 Å². The summed E-state index contributed by atoms with van der Waals surface area (Å²) in [6.07, 6.45) is 1.29. The minimum absolute atomic E-state index is 0.0564. The molecule has 0 aromatic heterocycles. The average molecular weight is 232 g/mol. The van der Waals surface area contributed by atoms with Crippen LogP contribution in [0.2, 0.25) is 0 Å². The standard InChI is InChI=1S/C12H12N2O3/c1-13-12(6-8-17-9-7-12)10-2-4-11(5-3-10)14(15)16/h2-5H,6-9H2. The van der Waals surface area contributed by atoms with Crippen LogP contribution in [0.15, 0.2) is 24.3 Å². The first kappa shape index (κ1) is 11.6. The Kier molecular flexibility index (Phi) is 3.07. The van der Waals surface area contributed by atoms with Gasteiger partial charge in [0, 0.05) is 17.7 Å². The number of non-ortho nitro benzene ring substituents is 1. The number of ether oxygens (including phenoxy) is 1. The quantitative estimate of drug-likeness (QED) is 0.447. The van der Waals surface area contributed by atoms with E-state index >= 15 is 0 Å². The van der Waals surface area contributed by atoms with Crippen molar-refractivity contribution in [1.29, 1.82) is 0 Å². The first-order valence-corrected chi connectivity index (χ1v) is 5.39. The molecule has 1 heterocycles. The van der Waals surface area contributed by atoms with E-state index in [0.29, 0.717) is 26.1 Å². The van der Waals surface area contributed by atoms with Crippen molar-refractivity contribution < 1.29 is 9.66 Å². The molecule has 0 atom stereocenters. The number of rotatable bonds is 2. The van der Waals surface area contributed by atoms with E-state index in [1.165, 1.54) is 12.1 Å². The largest absolute Gasteiger partial charge is 0.381 e. The van der Waals surface area contributed by atoms with Gasteiger partial charge in [-0.25, -0.2) is 6.57 Å². The van der Waals surface area contributed by atoms with E-state index in [1.54, 1.807) is 12.1 Å². The van der Waals surface area contributed by atoms with E-state index in [9.17, 15) is 10.1 Å². The zero-order valence-electron chi connectivity index (χ0n) is 9.26. The molecule has 0 N–H and O–H groups in total. The van der Waals surface area contributed by atoms with Crippen LogP contribution in [0.3, 0.4) is 0 Å². The van der Waals surface area contributed by atoms with E-state index in [2.05, 4.69) is 4.85 Å². The molecule has 0 saturated carbocycles. The Morgan fingerprint density at radius 1 is 1.29 bits per heavy atom. The van der Waals surface area contributed by atoms with Gasteiger partial charge in [0.15, 0.2) is 0 Å².